The van der Waals surface area contributed by atoms with Crippen molar-refractivity contribution in [1.82, 2.24) is 24.9 Å². The molecule has 0 spiro atoms. The number of aromatic nitrogens is 2. The molecular formula is C21H38IN7O3. The molecule has 2 rings (SSSR count). The summed E-state index contributed by atoms with van der Waals surface area (Å²) in [5.74, 6) is 0.870. The number of hydrogen-bond donors (Lipinski definition) is 1. The van der Waals surface area contributed by atoms with E-state index in [1.54, 1.807) is 27.7 Å². The summed E-state index contributed by atoms with van der Waals surface area (Å²) in [6, 6.07) is 0. The Labute approximate surface area is 208 Å². The summed E-state index contributed by atoms with van der Waals surface area (Å²) < 4.78 is 7.09. The third kappa shape index (κ3) is 8.47. The predicted molar refractivity (Wildman–Crippen MR) is 137 cm³/mol. The molecule has 182 valence electrons. The van der Waals surface area contributed by atoms with E-state index < -0.39 is 5.60 Å². The zero-order valence-corrected chi connectivity index (χ0v) is 22.6. The minimum Gasteiger partial charge on any atom is -0.444 e. The fraction of sp³-hybridized carbons (Fsp3) is 0.714. The van der Waals surface area contributed by atoms with Gasteiger partial charge in [-0.15, -0.1) is 24.0 Å². The molecule has 2 heterocycles. The Morgan fingerprint density at radius 1 is 1.38 bits per heavy atom. The molecule has 0 aromatic carbocycles. The van der Waals surface area contributed by atoms with Gasteiger partial charge in [0.15, 0.2) is 5.96 Å². The molecule has 0 radical (unpaired) electrons. The Kier molecular flexibility index (Phi) is 10.7. The number of hydrogen-bond acceptors (Lipinski definition) is 5. The highest BCUT2D eigenvalue weighted by molar-refractivity contribution is 14.0. The van der Waals surface area contributed by atoms with E-state index in [1.165, 1.54) is 0 Å². The van der Waals surface area contributed by atoms with E-state index in [1.807, 2.05) is 52.8 Å². The smallest absolute Gasteiger partial charge is 0.410 e. The lowest BCUT2D eigenvalue weighted by Crippen LogP contribution is -2.55. The monoisotopic (exact) mass is 563 g/mol. The lowest BCUT2D eigenvalue weighted by atomic mass is 10.2. The van der Waals surface area contributed by atoms with Gasteiger partial charge in [0.1, 0.15) is 12.1 Å². The third-order valence-corrected chi connectivity index (χ3v) is 4.70. The number of anilines is 1. The van der Waals surface area contributed by atoms with Crippen molar-refractivity contribution in [1.29, 1.82) is 0 Å². The van der Waals surface area contributed by atoms with Gasteiger partial charge in [0.05, 0.1) is 11.9 Å². The van der Waals surface area contributed by atoms with Gasteiger partial charge in [-0.3, -0.25) is 14.5 Å². The van der Waals surface area contributed by atoms with E-state index in [0.717, 1.165) is 5.69 Å². The molecule has 1 N–H and O–H groups in total. The number of amides is 2. The van der Waals surface area contributed by atoms with Crippen LogP contribution in [-0.2, 0) is 16.6 Å². The maximum Gasteiger partial charge on any atom is 0.410 e. The second-order valence-corrected chi connectivity index (χ2v) is 9.00. The maximum atomic E-state index is 12.7. The first-order valence-corrected chi connectivity index (χ1v) is 10.8. The molecule has 1 aromatic rings. The van der Waals surface area contributed by atoms with Gasteiger partial charge in [0.2, 0.25) is 5.91 Å². The second-order valence-electron chi connectivity index (χ2n) is 9.00. The Bertz CT molecular complexity index is 791. The number of ether oxygens (including phenoxy) is 1. The van der Waals surface area contributed by atoms with E-state index in [4.69, 9.17) is 9.73 Å². The molecule has 1 fully saturated rings. The van der Waals surface area contributed by atoms with Crippen LogP contribution in [0.1, 0.15) is 34.6 Å². The van der Waals surface area contributed by atoms with Crippen LogP contribution in [0.25, 0.3) is 0 Å². The topological polar surface area (TPSA) is 95.3 Å². The minimum atomic E-state index is -0.518. The van der Waals surface area contributed by atoms with E-state index >= 15 is 0 Å². The van der Waals surface area contributed by atoms with Gasteiger partial charge in [0, 0.05) is 53.0 Å². The standard InChI is InChI=1S/C21H37N7O3.HI/c1-8-22-19(23-11-16(2)13-25(6)20(30)31-21(3,4)5)27-9-10-28(18(29)15-27)17-12-24-26(7)14-17;/h12,14,16H,8-11,13,15H2,1-7H3,(H,22,23);1H. The molecule has 1 saturated heterocycles. The number of nitrogens with one attached hydrogen (secondary N) is 1. The Morgan fingerprint density at radius 2 is 2.06 bits per heavy atom. The van der Waals surface area contributed by atoms with Crippen LogP contribution < -0.4 is 10.2 Å². The number of nitrogens with zero attached hydrogens (tertiary/aromatic N) is 6. The van der Waals surface area contributed by atoms with Gasteiger partial charge < -0.3 is 24.8 Å². The van der Waals surface area contributed by atoms with Crippen LogP contribution in [0, 0.1) is 5.92 Å². The predicted octanol–water partition coefficient (Wildman–Crippen LogP) is 2.16. The van der Waals surface area contributed by atoms with Crippen molar-refractivity contribution in [2.45, 2.75) is 40.2 Å². The number of rotatable bonds is 6. The number of halogens is 1. The van der Waals surface area contributed by atoms with Crippen molar-refractivity contribution >= 4 is 47.6 Å². The summed E-state index contributed by atoms with van der Waals surface area (Å²) in [4.78, 5) is 34.9. The van der Waals surface area contributed by atoms with Crippen molar-refractivity contribution in [3.8, 4) is 0 Å². The van der Waals surface area contributed by atoms with Gasteiger partial charge in [-0.2, -0.15) is 5.10 Å². The first kappa shape index (κ1) is 28.0. The van der Waals surface area contributed by atoms with Crippen LogP contribution in [0.2, 0.25) is 0 Å². The van der Waals surface area contributed by atoms with E-state index in [-0.39, 0.29) is 48.4 Å². The van der Waals surface area contributed by atoms with Crippen LogP contribution in [0.5, 0.6) is 0 Å². The first-order chi connectivity index (χ1) is 14.5. The second kappa shape index (κ2) is 12.3. The zero-order chi connectivity index (χ0) is 23.2. The molecule has 1 aliphatic heterocycles. The molecule has 11 heteroatoms. The number of carbonyl (C=O) groups is 2. The lowest BCUT2D eigenvalue weighted by Gasteiger charge is -2.35. The van der Waals surface area contributed by atoms with Crippen LogP contribution in [0.4, 0.5) is 10.5 Å². The number of aliphatic imine (C=N–C) groups is 1. The Balaban J connectivity index is 0.00000512. The fourth-order valence-electron chi connectivity index (χ4n) is 3.28. The average molecular weight is 563 g/mol. The largest absolute Gasteiger partial charge is 0.444 e. The fourth-order valence-corrected chi connectivity index (χ4v) is 3.28. The zero-order valence-electron chi connectivity index (χ0n) is 20.3. The van der Waals surface area contributed by atoms with Crippen LogP contribution in [0.15, 0.2) is 17.4 Å². The molecule has 0 bridgehead atoms. The summed E-state index contributed by atoms with van der Waals surface area (Å²) in [7, 11) is 3.57. The number of guanidine groups is 1. The molecular weight excluding hydrogens is 525 g/mol. The highest BCUT2D eigenvalue weighted by Gasteiger charge is 2.28. The van der Waals surface area contributed by atoms with Crippen molar-refractivity contribution in [2.75, 3.05) is 51.2 Å². The van der Waals surface area contributed by atoms with Gasteiger partial charge in [-0.05, 0) is 33.6 Å². The SMILES string of the molecule is CCNC(=NCC(C)CN(C)C(=O)OC(C)(C)C)N1CCN(c2cnn(C)c2)C(=O)C1.I. The molecule has 2 amide bonds. The van der Waals surface area contributed by atoms with Gasteiger partial charge in [-0.25, -0.2) is 4.79 Å². The van der Waals surface area contributed by atoms with Gasteiger partial charge in [0.25, 0.3) is 0 Å². The maximum absolute atomic E-state index is 12.7. The summed E-state index contributed by atoms with van der Waals surface area (Å²) in [6.07, 6.45) is 3.21. The molecule has 0 saturated carbocycles. The van der Waals surface area contributed by atoms with E-state index in [9.17, 15) is 9.59 Å². The number of aryl methyl sites for hydroxylation is 1. The molecule has 32 heavy (non-hydrogen) atoms. The molecule has 1 atom stereocenters. The molecule has 1 aliphatic rings. The van der Waals surface area contributed by atoms with Gasteiger partial charge >= 0.3 is 6.09 Å². The lowest BCUT2D eigenvalue weighted by molar-refractivity contribution is -0.120. The molecule has 1 aromatic heterocycles. The van der Waals surface area contributed by atoms with E-state index in [0.29, 0.717) is 38.7 Å². The summed E-state index contributed by atoms with van der Waals surface area (Å²) >= 11 is 0. The van der Waals surface area contributed by atoms with Crippen LogP contribution in [0.3, 0.4) is 0 Å². The highest BCUT2D eigenvalue weighted by atomic mass is 127. The van der Waals surface area contributed by atoms with Crippen LogP contribution in [-0.4, -0.2) is 89.5 Å². The number of piperazine rings is 1. The van der Waals surface area contributed by atoms with Crippen molar-refractivity contribution in [2.24, 2.45) is 18.0 Å². The van der Waals surface area contributed by atoms with Crippen molar-refractivity contribution < 1.29 is 14.3 Å². The Hall–Kier alpha value is -2.05. The quantitative estimate of drug-likeness (QED) is 0.324. The minimum absolute atomic E-state index is 0. The normalized spacial score (nSPS) is 15.8. The Morgan fingerprint density at radius 3 is 2.59 bits per heavy atom. The summed E-state index contributed by atoms with van der Waals surface area (Å²) in [5, 5.41) is 7.43. The molecule has 10 nitrogen and oxygen atoms in total. The third-order valence-electron chi connectivity index (χ3n) is 4.70. The highest BCUT2D eigenvalue weighted by Crippen LogP contribution is 2.16. The summed E-state index contributed by atoms with van der Waals surface area (Å²) in [6.45, 7) is 12.9. The molecule has 1 unspecified atom stereocenters. The number of carbonyl (C=O) groups excluding carboxylic acids is 2. The molecule has 0 aliphatic carbocycles. The van der Waals surface area contributed by atoms with Crippen LogP contribution >= 0.6 is 24.0 Å². The van der Waals surface area contributed by atoms with Gasteiger partial charge in [-0.1, -0.05) is 6.92 Å². The van der Waals surface area contributed by atoms with E-state index in [2.05, 4.69) is 10.4 Å². The summed E-state index contributed by atoms with van der Waals surface area (Å²) in [5.41, 5.74) is 0.294. The first-order valence-electron chi connectivity index (χ1n) is 10.8. The average Bonchev–Trinajstić information content (AvgIpc) is 3.09. The van der Waals surface area contributed by atoms with Crippen molar-refractivity contribution in [3.63, 3.8) is 0 Å². The van der Waals surface area contributed by atoms with Crippen molar-refractivity contribution in [3.05, 3.63) is 12.4 Å².